The van der Waals surface area contributed by atoms with Crippen molar-refractivity contribution in [3.8, 4) is 0 Å². The van der Waals surface area contributed by atoms with Gasteiger partial charge in [-0.2, -0.15) is 0 Å². The Morgan fingerprint density at radius 2 is 1.81 bits per heavy atom. The molecule has 0 aliphatic rings. The zero-order valence-electron chi connectivity index (χ0n) is 19.1. The lowest BCUT2D eigenvalue weighted by molar-refractivity contribution is -0.142. The van der Waals surface area contributed by atoms with Crippen molar-refractivity contribution in [3.63, 3.8) is 0 Å². The van der Waals surface area contributed by atoms with Crippen LogP contribution in [0.3, 0.4) is 0 Å². The van der Waals surface area contributed by atoms with Crippen molar-refractivity contribution >= 4 is 22.8 Å². The molecule has 1 N–H and O–H groups in total. The lowest BCUT2D eigenvalue weighted by atomic mass is 9.98. The van der Waals surface area contributed by atoms with E-state index in [1.54, 1.807) is 16.7 Å². The Labute approximate surface area is 188 Å². The first-order valence-corrected chi connectivity index (χ1v) is 10.8. The third kappa shape index (κ3) is 5.50. The molecule has 3 rings (SSSR count). The van der Waals surface area contributed by atoms with Gasteiger partial charge in [0.1, 0.15) is 18.1 Å². The van der Waals surface area contributed by atoms with Crippen molar-refractivity contribution in [3.05, 3.63) is 60.2 Å². The number of amides is 2. The van der Waals surface area contributed by atoms with Crippen molar-refractivity contribution < 1.29 is 14.3 Å². The molecule has 0 radical (unpaired) electrons. The van der Waals surface area contributed by atoms with Crippen LogP contribution in [0.4, 0.5) is 0 Å². The van der Waals surface area contributed by atoms with Gasteiger partial charge >= 0.3 is 0 Å². The van der Waals surface area contributed by atoms with Crippen molar-refractivity contribution in [2.75, 3.05) is 20.3 Å². The summed E-state index contributed by atoms with van der Waals surface area (Å²) in [6.45, 7) is 6.49. The zero-order chi connectivity index (χ0) is 23.1. The smallest absolute Gasteiger partial charge is 0.247 e. The van der Waals surface area contributed by atoms with Crippen LogP contribution in [0.15, 0.2) is 54.6 Å². The maximum atomic E-state index is 13.5. The Kier molecular flexibility index (Phi) is 7.58. The predicted molar refractivity (Wildman–Crippen MR) is 123 cm³/mol. The lowest BCUT2D eigenvalue weighted by Crippen LogP contribution is -2.51. The van der Waals surface area contributed by atoms with Gasteiger partial charge in [0, 0.05) is 19.2 Å². The molecule has 0 fully saturated rings. The number of methoxy groups -OCH3 is 1. The topological polar surface area (TPSA) is 89.4 Å². The summed E-state index contributed by atoms with van der Waals surface area (Å²) in [5, 5.41) is 11.4. The minimum Gasteiger partial charge on any atom is -0.383 e. The van der Waals surface area contributed by atoms with Gasteiger partial charge in [0.15, 0.2) is 0 Å². The molecule has 3 aromatic rings. The number of hydrogen-bond donors (Lipinski definition) is 1. The Balaban J connectivity index is 1.95. The fourth-order valence-electron chi connectivity index (χ4n) is 3.44. The third-order valence-corrected chi connectivity index (χ3v) is 5.58. The Morgan fingerprint density at radius 3 is 2.50 bits per heavy atom. The number of nitrogens with one attached hydrogen (secondary N) is 1. The van der Waals surface area contributed by atoms with Gasteiger partial charge in [-0.05, 0) is 38.0 Å². The summed E-state index contributed by atoms with van der Waals surface area (Å²) < 4.78 is 6.82. The monoisotopic (exact) mass is 437 g/mol. The van der Waals surface area contributed by atoms with Gasteiger partial charge in [-0.15, -0.1) is 5.10 Å². The molecule has 1 heterocycles. The number of rotatable bonds is 10. The number of ether oxygens (including phenoxy) is 1. The molecule has 0 unspecified atom stereocenters. The lowest BCUT2D eigenvalue weighted by Gasteiger charge is -2.34. The number of aromatic nitrogens is 3. The second-order valence-electron chi connectivity index (χ2n) is 8.36. The molecule has 0 spiro atoms. The third-order valence-electron chi connectivity index (χ3n) is 5.58. The summed E-state index contributed by atoms with van der Waals surface area (Å²) in [5.41, 5.74) is 1.82. The van der Waals surface area contributed by atoms with Crippen LogP contribution in [0.1, 0.15) is 38.8 Å². The largest absolute Gasteiger partial charge is 0.383 e. The number of carbonyl (C=O) groups is 2. The maximum absolute atomic E-state index is 13.5. The second-order valence-corrected chi connectivity index (χ2v) is 8.36. The van der Waals surface area contributed by atoms with Crippen LogP contribution in [0.5, 0.6) is 0 Å². The van der Waals surface area contributed by atoms with Crippen LogP contribution < -0.4 is 5.32 Å². The first-order valence-electron chi connectivity index (χ1n) is 10.8. The Bertz CT molecular complexity index is 1050. The van der Waals surface area contributed by atoms with Gasteiger partial charge in [0.25, 0.3) is 0 Å². The fraction of sp³-hybridized carbons (Fsp3) is 0.417. The molecule has 1 atom stereocenters. The summed E-state index contributed by atoms with van der Waals surface area (Å²) in [7, 11) is 1.57. The van der Waals surface area contributed by atoms with E-state index in [0.29, 0.717) is 12.1 Å². The summed E-state index contributed by atoms with van der Waals surface area (Å²) in [6.07, 6.45) is 0.761. The molecule has 170 valence electrons. The van der Waals surface area contributed by atoms with Crippen molar-refractivity contribution in [1.82, 2.24) is 25.2 Å². The highest BCUT2D eigenvalue weighted by atomic mass is 16.5. The van der Waals surface area contributed by atoms with Crippen molar-refractivity contribution in [2.45, 2.75) is 45.3 Å². The highest BCUT2D eigenvalue weighted by molar-refractivity contribution is 5.89. The molecule has 0 aliphatic heterocycles. The molecule has 8 heteroatoms. The molecular formula is C24H31N5O3. The van der Waals surface area contributed by atoms with E-state index in [4.69, 9.17) is 4.74 Å². The van der Waals surface area contributed by atoms with E-state index in [1.807, 2.05) is 75.4 Å². The van der Waals surface area contributed by atoms with Gasteiger partial charge in [0.05, 0.1) is 12.1 Å². The minimum atomic E-state index is -0.792. The van der Waals surface area contributed by atoms with Crippen LogP contribution in [0.2, 0.25) is 0 Å². The van der Waals surface area contributed by atoms with Gasteiger partial charge in [-0.3, -0.25) is 9.59 Å². The predicted octanol–water partition coefficient (Wildman–Crippen LogP) is 2.95. The van der Waals surface area contributed by atoms with Crippen molar-refractivity contribution in [1.29, 1.82) is 0 Å². The number of benzene rings is 2. The van der Waals surface area contributed by atoms with E-state index < -0.39 is 11.6 Å². The zero-order valence-corrected chi connectivity index (χ0v) is 19.1. The Morgan fingerprint density at radius 1 is 1.12 bits per heavy atom. The SMILES string of the molecule is CCC(C)(C)NC(=O)[C@@H](c1ccccc1)N(CCOC)C(=O)Cn1nnc2ccccc21. The molecule has 2 amide bonds. The van der Waals surface area contributed by atoms with E-state index in [1.165, 1.54) is 0 Å². The first-order chi connectivity index (χ1) is 15.4. The van der Waals surface area contributed by atoms with Crippen molar-refractivity contribution in [2.24, 2.45) is 0 Å². The summed E-state index contributed by atoms with van der Waals surface area (Å²) >= 11 is 0. The normalized spacial score (nSPS) is 12.5. The molecule has 0 saturated carbocycles. The molecule has 1 aromatic heterocycles. The van der Waals surface area contributed by atoms with E-state index in [9.17, 15) is 9.59 Å². The highest BCUT2D eigenvalue weighted by Crippen LogP contribution is 2.24. The first kappa shape index (κ1) is 23.4. The molecule has 2 aromatic carbocycles. The van der Waals surface area contributed by atoms with E-state index in [-0.39, 0.29) is 24.9 Å². The maximum Gasteiger partial charge on any atom is 0.247 e. The average Bonchev–Trinajstić information content (AvgIpc) is 3.19. The molecule has 0 bridgehead atoms. The van der Waals surface area contributed by atoms with E-state index in [2.05, 4.69) is 15.6 Å². The van der Waals surface area contributed by atoms with Crippen LogP contribution in [0, 0.1) is 0 Å². The molecule has 0 aliphatic carbocycles. The van der Waals surface area contributed by atoms with Gasteiger partial charge in [-0.1, -0.05) is 54.6 Å². The highest BCUT2D eigenvalue weighted by Gasteiger charge is 2.33. The molecule has 0 saturated heterocycles. The summed E-state index contributed by atoms with van der Waals surface area (Å²) in [4.78, 5) is 28.5. The summed E-state index contributed by atoms with van der Waals surface area (Å²) in [5.74, 6) is -0.466. The van der Waals surface area contributed by atoms with Crippen LogP contribution in [-0.2, 0) is 20.9 Å². The van der Waals surface area contributed by atoms with Gasteiger partial charge in [-0.25, -0.2) is 4.68 Å². The standard InChI is InChI=1S/C24H31N5O3/c1-5-24(2,3)25-23(31)22(18-11-7-6-8-12-18)28(15-16-32-4)21(30)17-29-20-14-10-9-13-19(20)26-27-29/h6-14,22H,5,15-17H2,1-4H3,(H,25,31)/t22-/m1/s1. The second kappa shape index (κ2) is 10.4. The van der Waals surface area contributed by atoms with E-state index >= 15 is 0 Å². The summed E-state index contributed by atoms with van der Waals surface area (Å²) in [6, 6.07) is 16.0. The quantitative estimate of drug-likeness (QED) is 0.527. The van der Waals surface area contributed by atoms with Crippen LogP contribution in [0.25, 0.3) is 11.0 Å². The number of carbonyl (C=O) groups excluding carboxylic acids is 2. The Hall–Kier alpha value is -3.26. The van der Waals surface area contributed by atoms with Gasteiger partial charge < -0.3 is 15.0 Å². The average molecular weight is 438 g/mol. The number of fused-ring (bicyclic) bond motifs is 1. The van der Waals surface area contributed by atoms with E-state index in [0.717, 1.165) is 17.5 Å². The minimum absolute atomic E-state index is 0.0298. The fourth-order valence-corrected chi connectivity index (χ4v) is 3.44. The van der Waals surface area contributed by atoms with Gasteiger partial charge in [0.2, 0.25) is 11.8 Å². The van der Waals surface area contributed by atoms with Crippen LogP contribution >= 0.6 is 0 Å². The molecular weight excluding hydrogens is 406 g/mol. The number of hydrogen-bond acceptors (Lipinski definition) is 5. The number of para-hydroxylation sites is 1. The molecule has 8 nitrogen and oxygen atoms in total. The van der Waals surface area contributed by atoms with Crippen LogP contribution in [-0.4, -0.2) is 57.5 Å². The number of nitrogens with zero attached hydrogens (tertiary/aromatic N) is 4. The molecule has 32 heavy (non-hydrogen) atoms.